The van der Waals surface area contributed by atoms with Crippen molar-refractivity contribution in [1.82, 2.24) is 4.90 Å². The lowest BCUT2D eigenvalue weighted by molar-refractivity contribution is 0.0391. The van der Waals surface area contributed by atoms with E-state index in [1.807, 2.05) is 24.3 Å². The summed E-state index contributed by atoms with van der Waals surface area (Å²) in [7, 11) is 0. The molecule has 0 radical (unpaired) electrons. The Morgan fingerprint density at radius 1 is 0.967 bits per heavy atom. The summed E-state index contributed by atoms with van der Waals surface area (Å²) in [5.74, 6) is 0.769. The van der Waals surface area contributed by atoms with Crippen LogP contribution in [0.5, 0.6) is 0 Å². The molecule has 6 nitrogen and oxygen atoms in total. The molecule has 1 saturated heterocycles. The standard InChI is InChI=1S/C23H26N4O2S/c28-22(27-13-5-8-16-6-1-2-12-21(16)27)17-7-3-9-18(14-17)24-23(30)25-19-10-4-11-20(15-19)26-29/h3-4,7,9-11,14-16,21H,1-2,5-6,8,12-13H2,(H2,24,25,30). The number of piperidine rings is 1. The predicted octanol–water partition coefficient (Wildman–Crippen LogP) is 5.69. The number of rotatable bonds is 4. The Morgan fingerprint density at radius 3 is 2.47 bits per heavy atom. The lowest BCUT2D eigenvalue weighted by Crippen LogP contribution is -2.49. The van der Waals surface area contributed by atoms with Crippen molar-refractivity contribution >= 4 is 40.3 Å². The lowest BCUT2D eigenvalue weighted by atomic mass is 9.78. The number of hydrogen-bond acceptors (Lipinski definition) is 4. The fraction of sp³-hybridized carbons (Fsp3) is 0.391. The normalized spacial score (nSPS) is 20.7. The van der Waals surface area contributed by atoms with Crippen molar-refractivity contribution in [2.45, 2.75) is 44.6 Å². The SMILES string of the molecule is O=Nc1cccc(NC(=S)Nc2cccc(C(=O)N3CCCC4CCCCC43)c2)c1. The number of carbonyl (C=O) groups is 1. The van der Waals surface area contributed by atoms with E-state index in [4.69, 9.17) is 12.2 Å². The first kappa shape index (κ1) is 20.5. The molecule has 2 atom stereocenters. The molecule has 1 amide bonds. The second kappa shape index (κ2) is 9.34. The summed E-state index contributed by atoms with van der Waals surface area (Å²) >= 11 is 5.38. The monoisotopic (exact) mass is 422 g/mol. The van der Waals surface area contributed by atoms with Crippen molar-refractivity contribution in [3.05, 3.63) is 59.0 Å². The number of carbonyl (C=O) groups excluding carboxylic acids is 1. The molecule has 4 rings (SSSR count). The van der Waals surface area contributed by atoms with Crippen LogP contribution in [-0.4, -0.2) is 28.5 Å². The topological polar surface area (TPSA) is 73.8 Å². The molecule has 156 valence electrons. The van der Waals surface area contributed by atoms with Gasteiger partial charge in [-0.1, -0.05) is 25.0 Å². The van der Waals surface area contributed by atoms with Gasteiger partial charge in [0, 0.05) is 29.5 Å². The second-order valence-corrected chi connectivity index (χ2v) is 8.46. The number of amides is 1. The van der Waals surface area contributed by atoms with Gasteiger partial charge >= 0.3 is 0 Å². The minimum atomic E-state index is 0.110. The van der Waals surface area contributed by atoms with Crippen LogP contribution < -0.4 is 10.6 Å². The number of nitrogens with zero attached hydrogens (tertiary/aromatic N) is 2. The minimum Gasteiger partial charge on any atom is -0.335 e. The van der Waals surface area contributed by atoms with Crippen LogP contribution >= 0.6 is 12.2 Å². The molecule has 2 unspecified atom stereocenters. The summed E-state index contributed by atoms with van der Waals surface area (Å²) in [6.07, 6.45) is 7.21. The molecular weight excluding hydrogens is 396 g/mol. The molecule has 2 N–H and O–H groups in total. The van der Waals surface area contributed by atoms with E-state index in [9.17, 15) is 9.70 Å². The van der Waals surface area contributed by atoms with Crippen LogP contribution in [0.3, 0.4) is 0 Å². The van der Waals surface area contributed by atoms with E-state index in [0.717, 1.165) is 25.1 Å². The first-order chi connectivity index (χ1) is 14.6. The maximum absolute atomic E-state index is 13.3. The van der Waals surface area contributed by atoms with E-state index in [2.05, 4.69) is 20.7 Å². The number of anilines is 2. The summed E-state index contributed by atoms with van der Waals surface area (Å²) in [5.41, 5.74) is 2.44. The molecule has 2 aromatic rings. The third-order valence-corrected chi connectivity index (χ3v) is 6.29. The highest BCUT2D eigenvalue weighted by Gasteiger charge is 2.35. The van der Waals surface area contributed by atoms with Crippen LogP contribution in [0, 0.1) is 10.8 Å². The number of nitroso groups, excluding NO2 is 1. The van der Waals surface area contributed by atoms with E-state index in [-0.39, 0.29) is 5.91 Å². The van der Waals surface area contributed by atoms with E-state index in [1.54, 1.807) is 24.3 Å². The molecular formula is C23H26N4O2S. The number of thiocarbonyl (C=S) groups is 1. The predicted molar refractivity (Wildman–Crippen MR) is 124 cm³/mol. The third-order valence-electron chi connectivity index (χ3n) is 6.08. The fourth-order valence-electron chi connectivity index (χ4n) is 4.71. The van der Waals surface area contributed by atoms with E-state index in [0.29, 0.717) is 34.0 Å². The molecule has 1 aliphatic carbocycles. The van der Waals surface area contributed by atoms with Crippen molar-refractivity contribution in [1.29, 1.82) is 0 Å². The van der Waals surface area contributed by atoms with Crippen LogP contribution in [0.4, 0.5) is 17.1 Å². The summed E-state index contributed by atoms with van der Waals surface area (Å²) in [4.78, 5) is 26.1. The zero-order valence-corrected chi connectivity index (χ0v) is 17.7. The zero-order valence-electron chi connectivity index (χ0n) is 16.8. The Hall–Kier alpha value is -2.80. The highest BCUT2D eigenvalue weighted by atomic mass is 32.1. The summed E-state index contributed by atoms with van der Waals surface area (Å²) in [6, 6.07) is 14.7. The van der Waals surface area contributed by atoms with Gasteiger partial charge in [-0.25, -0.2) is 0 Å². The van der Waals surface area contributed by atoms with Gasteiger partial charge in [-0.3, -0.25) is 4.79 Å². The third kappa shape index (κ3) is 4.67. The van der Waals surface area contributed by atoms with Crippen molar-refractivity contribution in [2.24, 2.45) is 11.1 Å². The zero-order chi connectivity index (χ0) is 20.9. The highest BCUT2D eigenvalue weighted by Crippen LogP contribution is 2.36. The van der Waals surface area contributed by atoms with E-state index < -0.39 is 0 Å². The Bertz CT molecular complexity index is 946. The molecule has 2 aromatic carbocycles. The van der Waals surface area contributed by atoms with Crippen molar-refractivity contribution < 1.29 is 4.79 Å². The molecule has 0 bridgehead atoms. The molecule has 2 fully saturated rings. The van der Waals surface area contributed by atoms with Gasteiger partial charge in [-0.15, -0.1) is 4.91 Å². The van der Waals surface area contributed by atoms with Crippen LogP contribution in [0.2, 0.25) is 0 Å². The van der Waals surface area contributed by atoms with Crippen molar-refractivity contribution in [2.75, 3.05) is 17.2 Å². The van der Waals surface area contributed by atoms with Gasteiger partial charge < -0.3 is 15.5 Å². The van der Waals surface area contributed by atoms with Gasteiger partial charge in [0.1, 0.15) is 5.69 Å². The van der Waals surface area contributed by atoms with Crippen LogP contribution in [0.1, 0.15) is 48.9 Å². The lowest BCUT2D eigenvalue weighted by Gasteiger charge is -2.44. The first-order valence-electron chi connectivity index (χ1n) is 10.6. The largest absolute Gasteiger partial charge is 0.335 e. The Balaban J connectivity index is 1.43. The van der Waals surface area contributed by atoms with Gasteiger partial charge in [-0.05, 0) is 85.4 Å². The smallest absolute Gasteiger partial charge is 0.254 e. The van der Waals surface area contributed by atoms with Gasteiger partial charge in [0.2, 0.25) is 0 Å². The molecule has 2 aliphatic rings. The number of hydrogen-bond donors (Lipinski definition) is 2. The average molecular weight is 423 g/mol. The molecule has 1 heterocycles. The maximum Gasteiger partial charge on any atom is 0.254 e. The number of likely N-dealkylation sites (tertiary alicyclic amines) is 1. The number of nitrogens with one attached hydrogen (secondary N) is 2. The van der Waals surface area contributed by atoms with Crippen molar-refractivity contribution in [3.8, 4) is 0 Å². The molecule has 30 heavy (non-hydrogen) atoms. The van der Waals surface area contributed by atoms with E-state index in [1.165, 1.54) is 25.7 Å². The van der Waals surface area contributed by atoms with Crippen LogP contribution in [-0.2, 0) is 0 Å². The summed E-state index contributed by atoms with van der Waals surface area (Å²) in [6.45, 7) is 0.846. The fourth-order valence-corrected chi connectivity index (χ4v) is 4.94. The van der Waals surface area contributed by atoms with Gasteiger partial charge in [-0.2, -0.15) is 0 Å². The van der Waals surface area contributed by atoms with Crippen molar-refractivity contribution in [3.63, 3.8) is 0 Å². The number of benzene rings is 2. The van der Waals surface area contributed by atoms with Gasteiger partial charge in [0.15, 0.2) is 5.11 Å². The summed E-state index contributed by atoms with van der Waals surface area (Å²) in [5, 5.41) is 9.48. The van der Waals surface area contributed by atoms with Gasteiger partial charge in [0.05, 0.1) is 0 Å². The number of fused-ring (bicyclic) bond motifs is 1. The molecule has 1 saturated carbocycles. The molecule has 7 heteroatoms. The first-order valence-corrected chi connectivity index (χ1v) is 11.0. The van der Waals surface area contributed by atoms with E-state index >= 15 is 0 Å². The van der Waals surface area contributed by atoms with Gasteiger partial charge in [0.25, 0.3) is 5.91 Å². The minimum absolute atomic E-state index is 0.110. The highest BCUT2D eigenvalue weighted by molar-refractivity contribution is 7.80. The molecule has 1 aliphatic heterocycles. The van der Waals surface area contributed by atoms with Crippen LogP contribution in [0.15, 0.2) is 53.7 Å². The maximum atomic E-state index is 13.3. The summed E-state index contributed by atoms with van der Waals surface area (Å²) < 4.78 is 0. The Labute approximate surface area is 182 Å². The average Bonchev–Trinajstić information content (AvgIpc) is 2.78. The quantitative estimate of drug-likeness (QED) is 0.489. The Kier molecular flexibility index (Phi) is 6.38. The van der Waals surface area contributed by atoms with Crippen LogP contribution in [0.25, 0.3) is 0 Å². The Morgan fingerprint density at radius 2 is 1.67 bits per heavy atom. The molecule has 0 aromatic heterocycles. The molecule has 0 spiro atoms. The second-order valence-electron chi connectivity index (χ2n) is 8.05.